The van der Waals surface area contributed by atoms with Crippen molar-refractivity contribution < 1.29 is 14.3 Å². The number of para-hydroxylation sites is 3. The summed E-state index contributed by atoms with van der Waals surface area (Å²) in [5, 5.41) is 4.82. The minimum Gasteiger partial charge on any atom is -0.493 e. The number of ether oxygens (including phenoxy) is 2. The maximum Gasteiger partial charge on any atom is 0.254 e. The number of carbonyl (C=O) groups excluding carboxylic acids is 1. The number of hydrogen-bond acceptors (Lipinski definition) is 4. The Labute approximate surface area is 206 Å². The van der Waals surface area contributed by atoms with Crippen LogP contribution in [0.5, 0.6) is 17.4 Å². The SMILES string of the molecule is CC[C@@H](C)N(Cc1c(C)nn(-c2ccccc2)c1Oc1ccccc1OC)C(=O)c1ccccc1. The Morgan fingerprint density at radius 2 is 1.54 bits per heavy atom. The maximum absolute atomic E-state index is 13.5. The lowest BCUT2D eigenvalue weighted by Crippen LogP contribution is -2.38. The Hall–Kier alpha value is -4.06. The molecule has 0 fully saturated rings. The molecule has 0 aliphatic heterocycles. The molecule has 0 unspecified atom stereocenters. The molecule has 1 amide bonds. The third-order valence-electron chi connectivity index (χ3n) is 6.15. The van der Waals surface area contributed by atoms with Gasteiger partial charge in [0.25, 0.3) is 5.91 Å². The van der Waals surface area contributed by atoms with Crippen molar-refractivity contribution in [3.05, 3.63) is 102 Å². The van der Waals surface area contributed by atoms with Crippen molar-refractivity contribution >= 4 is 5.91 Å². The van der Waals surface area contributed by atoms with E-state index in [9.17, 15) is 4.79 Å². The van der Waals surface area contributed by atoms with Crippen LogP contribution in [-0.2, 0) is 6.54 Å². The molecule has 0 saturated heterocycles. The van der Waals surface area contributed by atoms with E-state index in [0.29, 0.717) is 29.5 Å². The number of benzene rings is 3. The predicted molar refractivity (Wildman–Crippen MR) is 137 cm³/mol. The second-order valence-electron chi connectivity index (χ2n) is 8.43. The van der Waals surface area contributed by atoms with Gasteiger partial charge in [-0.05, 0) is 56.7 Å². The van der Waals surface area contributed by atoms with Gasteiger partial charge in [0, 0.05) is 11.6 Å². The standard InChI is InChI=1S/C29H31N3O3/c1-5-21(2)31(28(33)23-14-8-6-9-15-23)20-25-22(3)30-32(24-16-10-7-11-17-24)29(25)35-27-19-13-12-18-26(27)34-4/h6-19,21H,5,20H2,1-4H3/t21-/m1/s1. The van der Waals surface area contributed by atoms with Crippen LogP contribution >= 0.6 is 0 Å². The van der Waals surface area contributed by atoms with Gasteiger partial charge in [0.2, 0.25) is 5.88 Å². The van der Waals surface area contributed by atoms with E-state index in [4.69, 9.17) is 14.6 Å². The van der Waals surface area contributed by atoms with Crippen LogP contribution in [0.4, 0.5) is 0 Å². The van der Waals surface area contributed by atoms with Crippen LogP contribution in [0, 0.1) is 6.92 Å². The van der Waals surface area contributed by atoms with E-state index in [1.165, 1.54) is 0 Å². The topological polar surface area (TPSA) is 56.6 Å². The Kier molecular flexibility index (Phi) is 7.51. The number of nitrogens with zero attached hydrogens (tertiary/aromatic N) is 3. The summed E-state index contributed by atoms with van der Waals surface area (Å²) in [6.07, 6.45) is 0.827. The molecule has 35 heavy (non-hydrogen) atoms. The van der Waals surface area contributed by atoms with Crippen molar-refractivity contribution in [1.29, 1.82) is 0 Å². The summed E-state index contributed by atoms with van der Waals surface area (Å²) in [6.45, 7) is 6.47. The quantitative estimate of drug-likeness (QED) is 0.284. The predicted octanol–water partition coefficient (Wildman–Crippen LogP) is 6.42. The highest BCUT2D eigenvalue weighted by molar-refractivity contribution is 5.94. The van der Waals surface area contributed by atoms with Gasteiger partial charge in [-0.2, -0.15) is 5.10 Å². The molecule has 0 saturated carbocycles. The van der Waals surface area contributed by atoms with Gasteiger partial charge in [0.15, 0.2) is 11.5 Å². The second kappa shape index (κ2) is 10.9. The molecule has 0 radical (unpaired) electrons. The van der Waals surface area contributed by atoms with Gasteiger partial charge in [-0.25, -0.2) is 4.68 Å². The summed E-state index contributed by atoms with van der Waals surface area (Å²) >= 11 is 0. The van der Waals surface area contributed by atoms with E-state index in [-0.39, 0.29) is 11.9 Å². The maximum atomic E-state index is 13.5. The van der Waals surface area contributed by atoms with Crippen molar-refractivity contribution in [1.82, 2.24) is 14.7 Å². The van der Waals surface area contributed by atoms with Crippen LogP contribution in [0.15, 0.2) is 84.9 Å². The van der Waals surface area contributed by atoms with E-state index >= 15 is 0 Å². The third-order valence-corrected chi connectivity index (χ3v) is 6.15. The van der Waals surface area contributed by atoms with Crippen molar-refractivity contribution in [3.63, 3.8) is 0 Å². The van der Waals surface area contributed by atoms with Crippen LogP contribution in [0.25, 0.3) is 5.69 Å². The highest BCUT2D eigenvalue weighted by Gasteiger charge is 2.27. The first-order valence-corrected chi connectivity index (χ1v) is 11.8. The molecule has 1 aromatic heterocycles. The molecule has 0 aliphatic rings. The first-order chi connectivity index (χ1) is 17.0. The number of aryl methyl sites for hydroxylation is 1. The smallest absolute Gasteiger partial charge is 0.254 e. The van der Waals surface area contributed by atoms with Gasteiger partial charge in [0.05, 0.1) is 30.6 Å². The monoisotopic (exact) mass is 469 g/mol. The molecule has 4 rings (SSSR count). The molecular formula is C29H31N3O3. The van der Waals surface area contributed by atoms with Gasteiger partial charge in [0.1, 0.15) is 0 Å². The number of amides is 1. The number of aromatic nitrogens is 2. The highest BCUT2D eigenvalue weighted by atomic mass is 16.5. The number of methoxy groups -OCH3 is 1. The Morgan fingerprint density at radius 1 is 0.943 bits per heavy atom. The molecule has 6 nitrogen and oxygen atoms in total. The third kappa shape index (κ3) is 5.22. The van der Waals surface area contributed by atoms with Gasteiger partial charge in [-0.1, -0.05) is 55.5 Å². The molecular weight excluding hydrogens is 438 g/mol. The van der Waals surface area contributed by atoms with E-state index in [0.717, 1.165) is 23.4 Å². The van der Waals surface area contributed by atoms with E-state index in [1.54, 1.807) is 11.8 Å². The lowest BCUT2D eigenvalue weighted by molar-refractivity contribution is 0.0670. The van der Waals surface area contributed by atoms with Crippen LogP contribution in [0.2, 0.25) is 0 Å². The molecule has 4 aromatic rings. The van der Waals surface area contributed by atoms with E-state index < -0.39 is 0 Å². The zero-order valence-corrected chi connectivity index (χ0v) is 20.6. The van der Waals surface area contributed by atoms with Gasteiger partial charge in [-0.3, -0.25) is 4.79 Å². The number of hydrogen-bond donors (Lipinski definition) is 0. The average molecular weight is 470 g/mol. The lowest BCUT2D eigenvalue weighted by atomic mass is 10.1. The molecule has 180 valence electrons. The molecule has 0 spiro atoms. The number of rotatable bonds is 9. The first-order valence-electron chi connectivity index (χ1n) is 11.8. The second-order valence-corrected chi connectivity index (χ2v) is 8.43. The summed E-state index contributed by atoms with van der Waals surface area (Å²) in [4.78, 5) is 15.4. The number of carbonyl (C=O) groups is 1. The van der Waals surface area contributed by atoms with Crippen molar-refractivity contribution in [3.8, 4) is 23.1 Å². The molecule has 0 N–H and O–H groups in total. The van der Waals surface area contributed by atoms with Crippen molar-refractivity contribution in [2.75, 3.05) is 7.11 Å². The van der Waals surface area contributed by atoms with Gasteiger partial charge in [-0.15, -0.1) is 0 Å². The Morgan fingerprint density at radius 3 is 2.17 bits per heavy atom. The normalized spacial score (nSPS) is 11.7. The minimum absolute atomic E-state index is 0.0185. The zero-order chi connectivity index (χ0) is 24.8. The van der Waals surface area contributed by atoms with Crippen molar-refractivity contribution in [2.24, 2.45) is 0 Å². The first kappa shape index (κ1) is 24.1. The Bertz CT molecular complexity index is 1270. The highest BCUT2D eigenvalue weighted by Crippen LogP contribution is 2.36. The summed E-state index contributed by atoms with van der Waals surface area (Å²) in [6, 6.07) is 26.8. The molecule has 0 bridgehead atoms. The van der Waals surface area contributed by atoms with Crippen LogP contribution < -0.4 is 9.47 Å². The fraction of sp³-hybridized carbons (Fsp3) is 0.241. The van der Waals surface area contributed by atoms with Gasteiger partial charge >= 0.3 is 0 Å². The fourth-order valence-electron chi connectivity index (χ4n) is 3.94. The molecule has 6 heteroatoms. The zero-order valence-electron chi connectivity index (χ0n) is 20.6. The van der Waals surface area contributed by atoms with Gasteiger partial charge < -0.3 is 14.4 Å². The average Bonchev–Trinajstić information content (AvgIpc) is 3.22. The summed E-state index contributed by atoms with van der Waals surface area (Å²) in [5.41, 5.74) is 3.18. The largest absolute Gasteiger partial charge is 0.493 e. The van der Waals surface area contributed by atoms with E-state index in [1.807, 2.05) is 96.8 Å². The Balaban J connectivity index is 1.81. The summed E-state index contributed by atoms with van der Waals surface area (Å²) < 4.78 is 13.8. The van der Waals surface area contributed by atoms with E-state index in [2.05, 4.69) is 13.8 Å². The molecule has 0 aliphatic carbocycles. The lowest BCUT2D eigenvalue weighted by Gasteiger charge is -2.29. The van der Waals surface area contributed by atoms with Crippen molar-refractivity contribution in [2.45, 2.75) is 39.8 Å². The van der Waals surface area contributed by atoms with Crippen LogP contribution in [0.1, 0.15) is 41.9 Å². The molecule has 1 atom stereocenters. The van der Waals surface area contributed by atoms with Crippen LogP contribution in [-0.4, -0.2) is 33.7 Å². The molecule has 3 aromatic carbocycles. The summed E-state index contributed by atoms with van der Waals surface area (Å²) in [7, 11) is 1.62. The minimum atomic E-state index is -0.0185. The fourth-order valence-corrected chi connectivity index (χ4v) is 3.94. The summed E-state index contributed by atoms with van der Waals surface area (Å²) in [5.74, 6) is 1.75. The van der Waals surface area contributed by atoms with Crippen LogP contribution in [0.3, 0.4) is 0 Å². The molecule has 1 heterocycles.